The highest BCUT2D eigenvalue weighted by molar-refractivity contribution is 7.10. The van der Waals surface area contributed by atoms with E-state index in [0.717, 1.165) is 31.9 Å². The number of hydrogen-bond donors (Lipinski definition) is 2. The molecule has 29 heavy (non-hydrogen) atoms. The van der Waals surface area contributed by atoms with E-state index in [1.807, 2.05) is 12.1 Å². The zero-order chi connectivity index (χ0) is 20.6. The molecule has 0 radical (unpaired) electrons. The molecule has 1 aliphatic rings. The number of hydrogen-bond acceptors (Lipinski definition) is 6. The van der Waals surface area contributed by atoms with Crippen LogP contribution >= 0.6 is 11.3 Å². The van der Waals surface area contributed by atoms with Gasteiger partial charge < -0.3 is 29.2 Å². The van der Waals surface area contributed by atoms with Gasteiger partial charge in [0, 0.05) is 0 Å². The Morgan fingerprint density at radius 2 is 1.86 bits per heavy atom. The van der Waals surface area contributed by atoms with E-state index in [1.54, 1.807) is 32.7 Å². The third-order valence-corrected chi connectivity index (χ3v) is 6.09. The van der Waals surface area contributed by atoms with Gasteiger partial charge in [-0.15, -0.1) is 11.3 Å². The molecule has 1 saturated heterocycles. The van der Waals surface area contributed by atoms with Crippen LogP contribution in [0.25, 0.3) is 0 Å². The first-order valence-corrected chi connectivity index (χ1v) is 10.6. The molecule has 2 aromatic rings. The normalized spacial score (nSPS) is 15.6. The summed E-state index contributed by atoms with van der Waals surface area (Å²) in [6.45, 7) is 4.02. The third kappa shape index (κ3) is 5.41. The molecule has 0 bridgehead atoms. The summed E-state index contributed by atoms with van der Waals surface area (Å²) in [6, 6.07) is 8.06. The van der Waals surface area contributed by atoms with Crippen molar-refractivity contribution >= 4 is 17.2 Å². The first-order valence-electron chi connectivity index (χ1n) is 9.67. The van der Waals surface area contributed by atoms with Crippen LogP contribution in [0.4, 0.5) is 0 Å². The Balaban J connectivity index is 1.66. The number of carbonyl (C=O) groups excluding carboxylic acids is 1. The van der Waals surface area contributed by atoms with Crippen molar-refractivity contribution in [3.63, 3.8) is 0 Å². The number of quaternary nitrogens is 1. The third-order valence-electron chi connectivity index (χ3n) is 5.11. The lowest BCUT2D eigenvalue weighted by Crippen LogP contribution is -3.15. The van der Waals surface area contributed by atoms with Crippen LogP contribution in [0.3, 0.4) is 0 Å². The van der Waals surface area contributed by atoms with Crippen LogP contribution in [0.5, 0.6) is 17.2 Å². The van der Waals surface area contributed by atoms with Crippen molar-refractivity contribution in [1.82, 2.24) is 5.32 Å². The minimum atomic E-state index is -0.0338. The summed E-state index contributed by atoms with van der Waals surface area (Å²) in [6.07, 6.45) is 0.242. The summed E-state index contributed by atoms with van der Waals surface area (Å²) in [5.41, 5.74) is 0.809. The van der Waals surface area contributed by atoms with Crippen molar-refractivity contribution < 1.29 is 28.6 Å². The summed E-state index contributed by atoms with van der Waals surface area (Å²) in [5, 5.41) is 5.20. The van der Waals surface area contributed by atoms with Crippen LogP contribution in [0.1, 0.15) is 16.5 Å². The van der Waals surface area contributed by atoms with Gasteiger partial charge in [-0.2, -0.15) is 0 Å². The first kappa shape index (κ1) is 21.4. The van der Waals surface area contributed by atoms with Gasteiger partial charge in [0.2, 0.25) is 11.7 Å². The SMILES string of the molecule is COc1cc(CC(=O)NC[C@H](c2cccs2)[NH+]2CCOCC2)cc(OC)c1OC. The molecular formula is C21H29N2O5S+. The minimum absolute atomic E-state index is 0.0338. The number of rotatable bonds is 9. The number of carbonyl (C=O) groups is 1. The molecule has 1 aromatic carbocycles. The highest BCUT2D eigenvalue weighted by Gasteiger charge is 2.27. The molecule has 7 nitrogen and oxygen atoms in total. The van der Waals surface area contributed by atoms with Gasteiger partial charge in [0.1, 0.15) is 19.1 Å². The second kappa shape index (κ2) is 10.5. The number of ether oxygens (including phenoxy) is 4. The van der Waals surface area contributed by atoms with Crippen molar-refractivity contribution in [2.75, 3.05) is 54.2 Å². The molecule has 0 saturated carbocycles. The zero-order valence-corrected chi connectivity index (χ0v) is 18.0. The van der Waals surface area contributed by atoms with Crippen LogP contribution in [-0.2, 0) is 16.0 Å². The van der Waals surface area contributed by atoms with E-state index >= 15 is 0 Å². The van der Waals surface area contributed by atoms with E-state index in [-0.39, 0.29) is 18.4 Å². The topological polar surface area (TPSA) is 70.5 Å². The lowest BCUT2D eigenvalue weighted by atomic mass is 10.1. The molecule has 1 aromatic heterocycles. The quantitative estimate of drug-likeness (QED) is 0.634. The molecule has 158 valence electrons. The number of amides is 1. The fourth-order valence-electron chi connectivity index (χ4n) is 3.62. The van der Waals surface area contributed by atoms with Gasteiger partial charge in [-0.3, -0.25) is 4.79 Å². The Labute approximate surface area is 175 Å². The summed E-state index contributed by atoms with van der Waals surface area (Å²) in [5.74, 6) is 1.58. The summed E-state index contributed by atoms with van der Waals surface area (Å²) in [7, 11) is 4.70. The van der Waals surface area contributed by atoms with E-state index in [0.29, 0.717) is 23.8 Å². The van der Waals surface area contributed by atoms with E-state index < -0.39 is 0 Å². The maximum absolute atomic E-state index is 12.7. The first-order chi connectivity index (χ1) is 14.2. The van der Waals surface area contributed by atoms with Gasteiger partial charge in [0.15, 0.2) is 11.5 Å². The van der Waals surface area contributed by atoms with Crippen molar-refractivity contribution in [3.05, 3.63) is 40.1 Å². The van der Waals surface area contributed by atoms with Gasteiger partial charge in [0.25, 0.3) is 0 Å². The Hall–Kier alpha value is -2.29. The molecule has 1 fully saturated rings. The number of morpholine rings is 1. The molecule has 3 rings (SSSR count). The second-order valence-electron chi connectivity index (χ2n) is 6.85. The fraction of sp³-hybridized carbons (Fsp3) is 0.476. The average Bonchev–Trinajstić information content (AvgIpc) is 3.28. The standard InChI is InChI=1S/C21H28N2O5S/c1-25-17-11-15(12-18(26-2)21(17)27-3)13-20(24)22-14-16(19-5-4-10-29-19)23-6-8-28-9-7-23/h4-5,10-12,16H,6-9,13-14H2,1-3H3,(H,22,24)/p+1/t16-/m1/s1. The molecule has 0 spiro atoms. The summed E-state index contributed by atoms with van der Waals surface area (Å²) < 4.78 is 21.6. The van der Waals surface area contributed by atoms with Gasteiger partial charge in [-0.25, -0.2) is 0 Å². The van der Waals surface area contributed by atoms with Gasteiger partial charge in [0.05, 0.1) is 52.4 Å². The van der Waals surface area contributed by atoms with Crippen LogP contribution in [0, 0.1) is 0 Å². The lowest BCUT2D eigenvalue weighted by Gasteiger charge is -2.31. The molecule has 0 unspecified atom stereocenters. The van der Waals surface area contributed by atoms with Crippen molar-refractivity contribution in [2.24, 2.45) is 0 Å². The molecule has 2 N–H and O–H groups in total. The van der Waals surface area contributed by atoms with Crippen molar-refractivity contribution in [3.8, 4) is 17.2 Å². The minimum Gasteiger partial charge on any atom is -0.493 e. The molecule has 2 heterocycles. The predicted octanol–water partition coefficient (Wildman–Crippen LogP) is 1.09. The Morgan fingerprint density at radius 3 is 2.41 bits per heavy atom. The van der Waals surface area contributed by atoms with Gasteiger partial charge in [-0.1, -0.05) is 6.07 Å². The summed E-state index contributed by atoms with van der Waals surface area (Å²) >= 11 is 1.73. The van der Waals surface area contributed by atoms with Gasteiger partial charge >= 0.3 is 0 Å². The summed E-state index contributed by atoms with van der Waals surface area (Å²) in [4.78, 5) is 15.4. The monoisotopic (exact) mass is 421 g/mol. The molecule has 1 amide bonds. The molecule has 0 aliphatic carbocycles. The lowest BCUT2D eigenvalue weighted by molar-refractivity contribution is -0.937. The van der Waals surface area contributed by atoms with E-state index in [2.05, 4.69) is 22.8 Å². The second-order valence-corrected chi connectivity index (χ2v) is 7.83. The van der Waals surface area contributed by atoms with Crippen LogP contribution < -0.4 is 24.4 Å². The predicted molar refractivity (Wildman–Crippen MR) is 111 cm³/mol. The highest BCUT2D eigenvalue weighted by Crippen LogP contribution is 2.38. The van der Waals surface area contributed by atoms with E-state index in [1.165, 1.54) is 9.78 Å². The zero-order valence-electron chi connectivity index (χ0n) is 17.2. The van der Waals surface area contributed by atoms with Crippen LogP contribution in [0.2, 0.25) is 0 Å². The maximum atomic E-state index is 12.7. The Morgan fingerprint density at radius 1 is 1.17 bits per heavy atom. The van der Waals surface area contributed by atoms with E-state index in [4.69, 9.17) is 18.9 Å². The van der Waals surface area contributed by atoms with Crippen LogP contribution in [-0.4, -0.2) is 60.1 Å². The van der Waals surface area contributed by atoms with Crippen molar-refractivity contribution in [1.29, 1.82) is 0 Å². The number of nitrogens with one attached hydrogen (secondary N) is 2. The fourth-order valence-corrected chi connectivity index (χ4v) is 4.50. The maximum Gasteiger partial charge on any atom is 0.224 e. The average molecular weight is 422 g/mol. The van der Waals surface area contributed by atoms with E-state index in [9.17, 15) is 4.79 Å². The number of thiophene rings is 1. The number of methoxy groups -OCH3 is 3. The molecule has 1 atom stereocenters. The molecule has 8 heteroatoms. The molecular weight excluding hydrogens is 392 g/mol. The van der Waals surface area contributed by atoms with Gasteiger partial charge in [-0.05, 0) is 29.1 Å². The Bertz CT molecular complexity index is 765. The Kier molecular flexibility index (Phi) is 7.74. The smallest absolute Gasteiger partial charge is 0.224 e. The largest absolute Gasteiger partial charge is 0.493 e. The van der Waals surface area contributed by atoms with Crippen molar-refractivity contribution in [2.45, 2.75) is 12.5 Å². The number of benzene rings is 1. The molecule has 1 aliphatic heterocycles. The van der Waals surface area contributed by atoms with Crippen LogP contribution in [0.15, 0.2) is 29.6 Å². The highest BCUT2D eigenvalue weighted by atomic mass is 32.1.